The Balaban J connectivity index is 1.89. The Morgan fingerprint density at radius 3 is 2.89 bits per heavy atom. The highest BCUT2D eigenvalue weighted by atomic mass is 127. The number of aryl methyl sites for hydroxylation is 1. The molecule has 2 rings (SSSR count). The maximum atomic E-state index is 11.9. The minimum Gasteiger partial charge on any atom is -0.352 e. The number of nitrogens with zero attached hydrogens (tertiary/aromatic N) is 2. The van der Waals surface area contributed by atoms with Crippen LogP contribution in [0.5, 0.6) is 0 Å². The van der Waals surface area contributed by atoms with E-state index in [4.69, 9.17) is 11.6 Å². The maximum absolute atomic E-state index is 11.9. The molecule has 1 heterocycles. The van der Waals surface area contributed by atoms with E-state index < -0.39 is 0 Å². The molecular weight excluding hydrogens is 377 g/mol. The lowest BCUT2D eigenvalue weighted by atomic mass is 10.2. The minimum absolute atomic E-state index is 0.116. The van der Waals surface area contributed by atoms with Gasteiger partial charge in [0.05, 0.1) is 10.7 Å². The van der Waals surface area contributed by atoms with Crippen molar-refractivity contribution in [3.63, 3.8) is 0 Å². The molecule has 6 heteroatoms. The smallest absolute Gasteiger partial charge is 0.251 e. The second kappa shape index (κ2) is 6.38. The molecule has 1 aromatic heterocycles. The van der Waals surface area contributed by atoms with Crippen molar-refractivity contribution in [3.05, 3.63) is 50.3 Å². The summed E-state index contributed by atoms with van der Waals surface area (Å²) in [6.07, 6.45) is 2.60. The Labute approximate surface area is 130 Å². The molecule has 100 valence electrons. The van der Waals surface area contributed by atoms with Gasteiger partial charge in [-0.05, 0) is 46.9 Å². The lowest BCUT2D eigenvalue weighted by molar-refractivity contribution is 0.0954. The molecule has 0 unspecified atom stereocenters. The summed E-state index contributed by atoms with van der Waals surface area (Å²) in [6, 6.07) is 7.22. The maximum Gasteiger partial charge on any atom is 0.251 e. The highest BCUT2D eigenvalue weighted by Crippen LogP contribution is 2.19. The Kier molecular flexibility index (Phi) is 4.81. The van der Waals surface area contributed by atoms with Crippen LogP contribution in [-0.4, -0.2) is 22.2 Å². The molecule has 0 aliphatic rings. The lowest BCUT2D eigenvalue weighted by Crippen LogP contribution is -2.25. The zero-order valence-electron chi connectivity index (χ0n) is 10.4. The van der Waals surface area contributed by atoms with Crippen molar-refractivity contribution in [2.75, 3.05) is 6.54 Å². The van der Waals surface area contributed by atoms with Crippen molar-refractivity contribution >= 4 is 40.1 Å². The number of rotatable bonds is 4. The summed E-state index contributed by atoms with van der Waals surface area (Å²) in [5, 5.41) is 7.70. The van der Waals surface area contributed by atoms with Crippen LogP contribution in [0.2, 0.25) is 5.02 Å². The summed E-state index contributed by atoms with van der Waals surface area (Å²) in [5.41, 5.74) is 1.54. The Morgan fingerprint density at radius 2 is 2.26 bits per heavy atom. The number of benzene rings is 1. The molecule has 1 aromatic carbocycles. The fourth-order valence-electron chi connectivity index (χ4n) is 1.64. The third-order valence-electron chi connectivity index (χ3n) is 2.62. The quantitative estimate of drug-likeness (QED) is 0.817. The van der Waals surface area contributed by atoms with E-state index in [0.29, 0.717) is 23.6 Å². The van der Waals surface area contributed by atoms with E-state index in [1.807, 2.05) is 25.4 Å². The first-order chi connectivity index (χ1) is 9.06. The normalized spacial score (nSPS) is 10.5. The summed E-state index contributed by atoms with van der Waals surface area (Å²) in [6.45, 7) is 0.555. The summed E-state index contributed by atoms with van der Waals surface area (Å²) < 4.78 is 2.68. The average molecular weight is 390 g/mol. The third-order valence-corrected chi connectivity index (χ3v) is 4.19. The van der Waals surface area contributed by atoms with Crippen molar-refractivity contribution in [2.45, 2.75) is 6.42 Å². The number of halogens is 2. The van der Waals surface area contributed by atoms with Gasteiger partial charge in [0.2, 0.25) is 0 Å². The molecule has 1 amide bonds. The van der Waals surface area contributed by atoms with Crippen molar-refractivity contribution in [1.82, 2.24) is 15.1 Å². The van der Waals surface area contributed by atoms with Gasteiger partial charge in [-0.2, -0.15) is 5.10 Å². The van der Waals surface area contributed by atoms with Crippen LogP contribution in [-0.2, 0) is 13.5 Å². The predicted octanol–water partition coefficient (Wildman–Crippen LogP) is 2.65. The number of aromatic nitrogens is 2. The van der Waals surface area contributed by atoms with Crippen LogP contribution < -0.4 is 5.32 Å². The molecule has 19 heavy (non-hydrogen) atoms. The number of nitrogens with one attached hydrogen (secondary N) is 1. The summed E-state index contributed by atoms with van der Waals surface area (Å²) in [5.74, 6) is -0.116. The number of hydrogen-bond donors (Lipinski definition) is 1. The van der Waals surface area contributed by atoms with Gasteiger partial charge in [0.1, 0.15) is 0 Å². The topological polar surface area (TPSA) is 46.9 Å². The van der Waals surface area contributed by atoms with E-state index in [-0.39, 0.29) is 5.91 Å². The highest BCUT2D eigenvalue weighted by molar-refractivity contribution is 14.1. The highest BCUT2D eigenvalue weighted by Gasteiger charge is 2.07. The van der Waals surface area contributed by atoms with E-state index in [2.05, 4.69) is 33.0 Å². The van der Waals surface area contributed by atoms with Crippen LogP contribution >= 0.6 is 34.2 Å². The van der Waals surface area contributed by atoms with Crippen LogP contribution in [0.25, 0.3) is 0 Å². The molecule has 4 nitrogen and oxygen atoms in total. The van der Waals surface area contributed by atoms with Crippen LogP contribution in [0.15, 0.2) is 30.5 Å². The van der Waals surface area contributed by atoms with Gasteiger partial charge < -0.3 is 5.32 Å². The first-order valence-corrected chi connectivity index (χ1v) is 7.23. The Hall–Kier alpha value is -1.08. The van der Waals surface area contributed by atoms with E-state index in [0.717, 1.165) is 9.26 Å². The monoisotopic (exact) mass is 389 g/mol. The van der Waals surface area contributed by atoms with Gasteiger partial charge in [-0.3, -0.25) is 9.48 Å². The van der Waals surface area contributed by atoms with Crippen LogP contribution in [0.4, 0.5) is 0 Å². The third kappa shape index (κ3) is 3.94. The van der Waals surface area contributed by atoms with Crippen molar-refractivity contribution in [3.8, 4) is 0 Å². The summed E-state index contributed by atoms with van der Waals surface area (Å²) in [4.78, 5) is 11.9. The molecule has 0 aliphatic carbocycles. The summed E-state index contributed by atoms with van der Waals surface area (Å²) >= 11 is 8.12. The molecule has 0 fully saturated rings. The molecule has 1 N–H and O–H groups in total. The van der Waals surface area contributed by atoms with Gasteiger partial charge in [-0.15, -0.1) is 0 Å². The molecule has 0 atom stereocenters. The van der Waals surface area contributed by atoms with Crippen LogP contribution in [0, 0.1) is 3.57 Å². The second-order valence-electron chi connectivity index (χ2n) is 4.12. The first-order valence-electron chi connectivity index (χ1n) is 5.78. The molecule has 0 radical (unpaired) electrons. The standard InChI is InChI=1S/C13H13ClIN3O/c1-18-7-5-10(17-18)4-6-16-13(19)9-2-3-12(15)11(14)8-9/h2-3,5,7-8H,4,6H2,1H3,(H,16,19). The fourth-order valence-corrected chi connectivity index (χ4v) is 2.16. The Bertz CT molecular complexity index is 597. The first kappa shape index (κ1) is 14.3. The fraction of sp³-hybridized carbons (Fsp3) is 0.231. The van der Waals surface area contributed by atoms with Gasteiger partial charge in [-0.25, -0.2) is 0 Å². The second-order valence-corrected chi connectivity index (χ2v) is 5.68. The zero-order chi connectivity index (χ0) is 13.8. The predicted molar refractivity (Wildman–Crippen MR) is 83.4 cm³/mol. The van der Waals surface area contributed by atoms with Crippen LogP contribution in [0.3, 0.4) is 0 Å². The molecule has 0 aliphatic heterocycles. The number of carbonyl (C=O) groups is 1. The minimum atomic E-state index is -0.116. The van der Waals surface area contributed by atoms with Crippen molar-refractivity contribution < 1.29 is 4.79 Å². The van der Waals surface area contributed by atoms with E-state index in [9.17, 15) is 4.79 Å². The molecule has 2 aromatic rings. The van der Waals surface area contributed by atoms with Gasteiger partial charge >= 0.3 is 0 Å². The van der Waals surface area contributed by atoms with Gasteiger partial charge in [0.15, 0.2) is 0 Å². The van der Waals surface area contributed by atoms with Crippen molar-refractivity contribution in [1.29, 1.82) is 0 Å². The zero-order valence-corrected chi connectivity index (χ0v) is 13.3. The molecule has 0 bridgehead atoms. The van der Waals surface area contributed by atoms with Gasteiger partial charge in [0, 0.05) is 35.3 Å². The van der Waals surface area contributed by atoms with E-state index in [1.54, 1.807) is 16.8 Å². The average Bonchev–Trinajstić information content (AvgIpc) is 2.78. The number of hydrogen-bond acceptors (Lipinski definition) is 2. The Morgan fingerprint density at radius 1 is 1.47 bits per heavy atom. The molecular formula is C13H13ClIN3O. The summed E-state index contributed by atoms with van der Waals surface area (Å²) in [7, 11) is 1.87. The lowest BCUT2D eigenvalue weighted by Gasteiger charge is -2.05. The molecule has 0 saturated heterocycles. The van der Waals surface area contributed by atoms with E-state index in [1.165, 1.54) is 0 Å². The van der Waals surface area contributed by atoms with Gasteiger partial charge in [-0.1, -0.05) is 11.6 Å². The van der Waals surface area contributed by atoms with Crippen molar-refractivity contribution in [2.24, 2.45) is 7.05 Å². The number of carbonyl (C=O) groups excluding carboxylic acids is 1. The van der Waals surface area contributed by atoms with Gasteiger partial charge in [0.25, 0.3) is 5.91 Å². The molecule has 0 spiro atoms. The molecule has 0 saturated carbocycles. The SMILES string of the molecule is Cn1ccc(CCNC(=O)c2ccc(I)c(Cl)c2)n1. The number of amides is 1. The van der Waals surface area contributed by atoms with Crippen LogP contribution in [0.1, 0.15) is 16.1 Å². The van der Waals surface area contributed by atoms with E-state index >= 15 is 0 Å². The largest absolute Gasteiger partial charge is 0.352 e.